The molecule has 0 aliphatic carbocycles. The van der Waals surface area contributed by atoms with Gasteiger partial charge in [-0.15, -0.1) is 0 Å². The third-order valence-corrected chi connectivity index (χ3v) is 2.10. The lowest BCUT2D eigenvalue weighted by atomic mass is 10.0. The Hall–Kier alpha value is -0.960. The fourth-order valence-corrected chi connectivity index (χ4v) is 1.15. The van der Waals surface area contributed by atoms with Crippen molar-refractivity contribution in [2.24, 2.45) is 5.73 Å². The van der Waals surface area contributed by atoms with Gasteiger partial charge in [0, 0.05) is 12.1 Å². The maximum atomic E-state index is 13.1. The first-order valence-electron chi connectivity index (χ1n) is 5.21. The Morgan fingerprint density at radius 2 is 1.55 bits per heavy atom. The predicted octanol–water partition coefficient (Wildman–Crippen LogP) is 0.630. The van der Waals surface area contributed by atoms with E-state index in [0.29, 0.717) is 12.5 Å². The van der Waals surface area contributed by atoms with Gasteiger partial charge in [0.1, 0.15) is 5.82 Å². The number of hydrogen-bond acceptors (Lipinski definition) is 2. The molecule has 1 unspecified atom stereocenters. The van der Waals surface area contributed by atoms with E-state index < -0.39 is 25.3 Å². The number of rotatable bonds is 3. The standard InChI is InChI=1S/C10H12F3N.H3O4P.H2O/c1-2-7(14)3-6-4-9(12)10(13)5-8(6)11;1-5(2,3)4;/h4-5,7H,2-3,14H2,1H3;(H3,1,2,3,4);1H2. The highest BCUT2D eigenvalue weighted by molar-refractivity contribution is 7.45. The molecule has 118 valence electrons. The highest BCUT2D eigenvalue weighted by Gasteiger charge is 2.11. The van der Waals surface area contributed by atoms with Gasteiger partial charge in [-0.05, 0) is 24.5 Å². The zero-order valence-corrected chi connectivity index (χ0v) is 11.4. The molecule has 1 atom stereocenters. The minimum absolute atomic E-state index is 0. The molecule has 0 aromatic heterocycles. The third kappa shape index (κ3) is 9.90. The molecule has 0 heterocycles. The van der Waals surface area contributed by atoms with Gasteiger partial charge in [0.2, 0.25) is 0 Å². The highest BCUT2D eigenvalue weighted by Crippen LogP contribution is 2.25. The van der Waals surface area contributed by atoms with Gasteiger partial charge in [-0.3, -0.25) is 0 Å². The summed E-state index contributed by atoms with van der Waals surface area (Å²) in [5.74, 6) is -2.95. The van der Waals surface area contributed by atoms with E-state index in [4.69, 9.17) is 25.0 Å². The zero-order chi connectivity index (χ0) is 15.2. The van der Waals surface area contributed by atoms with Crippen LogP contribution in [0.1, 0.15) is 18.9 Å². The molecule has 20 heavy (non-hydrogen) atoms. The Bertz CT molecular complexity index is 460. The van der Waals surface area contributed by atoms with Gasteiger partial charge in [0.25, 0.3) is 0 Å². The van der Waals surface area contributed by atoms with Gasteiger partial charge < -0.3 is 25.9 Å². The van der Waals surface area contributed by atoms with Crippen molar-refractivity contribution < 1.29 is 37.9 Å². The summed E-state index contributed by atoms with van der Waals surface area (Å²) in [7, 11) is -4.64. The summed E-state index contributed by atoms with van der Waals surface area (Å²) in [4.78, 5) is 21.6. The van der Waals surface area contributed by atoms with E-state index in [9.17, 15) is 13.2 Å². The summed E-state index contributed by atoms with van der Waals surface area (Å²) in [6.45, 7) is 1.85. The average molecular weight is 319 g/mol. The van der Waals surface area contributed by atoms with Gasteiger partial charge in [-0.1, -0.05) is 6.92 Å². The molecule has 0 radical (unpaired) electrons. The number of halogens is 3. The van der Waals surface area contributed by atoms with Crippen molar-refractivity contribution in [3.8, 4) is 0 Å². The van der Waals surface area contributed by atoms with E-state index in [0.717, 1.165) is 6.07 Å². The van der Waals surface area contributed by atoms with Crippen molar-refractivity contribution in [1.82, 2.24) is 0 Å². The van der Waals surface area contributed by atoms with Crippen molar-refractivity contribution in [3.05, 3.63) is 35.1 Å². The molecule has 0 aliphatic heterocycles. The van der Waals surface area contributed by atoms with Crippen LogP contribution in [0, 0.1) is 17.5 Å². The van der Waals surface area contributed by atoms with E-state index >= 15 is 0 Å². The molecule has 0 spiro atoms. The van der Waals surface area contributed by atoms with Gasteiger partial charge in [-0.2, -0.15) is 0 Å². The Morgan fingerprint density at radius 3 is 1.95 bits per heavy atom. The molecule has 0 fully saturated rings. The summed E-state index contributed by atoms with van der Waals surface area (Å²) in [6, 6.07) is 1.18. The SMILES string of the molecule is CCC(N)Cc1cc(F)c(F)cc1F.O.O=P(O)(O)O. The largest absolute Gasteiger partial charge is 0.466 e. The Kier molecular flexibility index (Phi) is 9.67. The van der Waals surface area contributed by atoms with E-state index in [1.54, 1.807) is 0 Å². The van der Waals surface area contributed by atoms with Crippen LogP contribution in [0.25, 0.3) is 0 Å². The first kappa shape index (κ1) is 21.3. The van der Waals surface area contributed by atoms with Crippen LogP contribution in [-0.2, 0) is 11.0 Å². The normalized spacial score (nSPS) is 12.0. The maximum absolute atomic E-state index is 13.1. The first-order valence-corrected chi connectivity index (χ1v) is 6.78. The topological polar surface area (TPSA) is 135 Å². The number of phosphoric acid groups is 1. The van der Waals surface area contributed by atoms with Crippen LogP contribution in [0.4, 0.5) is 13.2 Å². The molecule has 0 aliphatic rings. The van der Waals surface area contributed by atoms with Crippen LogP contribution in [0.15, 0.2) is 12.1 Å². The minimum atomic E-state index is -4.64. The van der Waals surface area contributed by atoms with Crippen LogP contribution in [0.3, 0.4) is 0 Å². The fourth-order valence-electron chi connectivity index (χ4n) is 1.15. The molecule has 1 aromatic carbocycles. The van der Waals surface area contributed by atoms with E-state index in [1.165, 1.54) is 0 Å². The summed E-state index contributed by atoms with van der Waals surface area (Å²) in [5.41, 5.74) is 5.70. The highest BCUT2D eigenvalue weighted by atomic mass is 31.2. The second kappa shape index (κ2) is 9.06. The Balaban J connectivity index is 0. The molecule has 7 N–H and O–H groups in total. The van der Waals surface area contributed by atoms with Gasteiger partial charge in [0.15, 0.2) is 11.6 Å². The fraction of sp³-hybridized carbons (Fsp3) is 0.400. The molecular formula is C10H17F3NO5P. The van der Waals surface area contributed by atoms with E-state index in [2.05, 4.69) is 0 Å². The molecule has 1 aromatic rings. The Morgan fingerprint density at radius 1 is 1.15 bits per heavy atom. The van der Waals surface area contributed by atoms with Crippen LogP contribution >= 0.6 is 7.82 Å². The summed E-state index contributed by atoms with van der Waals surface area (Å²) in [6.07, 6.45) is 0.887. The van der Waals surface area contributed by atoms with Crippen LogP contribution in [0.5, 0.6) is 0 Å². The number of hydrogen-bond donors (Lipinski definition) is 4. The van der Waals surface area contributed by atoms with Crippen molar-refractivity contribution in [3.63, 3.8) is 0 Å². The summed E-state index contributed by atoms with van der Waals surface area (Å²) >= 11 is 0. The number of nitrogens with two attached hydrogens (primary N) is 1. The lowest BCUT2D eigenvalue weighted by Crippen LogP contribution is -2.22. The van der Waals surface area contributed by atoms with Crippen molar-refractivity contribution in [2.75, 3.05) is 0 Å². The Labute approximate surface area is 113 Å². The maximum Gasteiger partial charge on any atom is 0.466 e. The monoisotopic (exact) mass is 319 g/mol. The molecule has 6 nitrogen and oxygen atoms in total. The van der Waals surface area contributed by atoms with E-state index in [-0.39, 0.29) is 23.5 Å². The zero-order valence-electron chi connectivity index (χ0n) is 10.6. The summed E-state index contributed by atoms with van der Waals surface area (Å²) < 4.78 is 47.2. The smallest absolute Gasteiger partial charge is 0.412 e. The van der Waals surface area contributed by atoms with Crippen molar-refractivity contribution in [2.45, 2.75) is 25.8 Å². The summed E-state index contributed by atoms with van der Waals surface area (Å²) in [5, 5.41) is 0. The van der Waals surface area contributed by atoms with Crippen LogP contribution in [0.2, 0.25) is 0 Å². The predicted molar refractivity (Wildman–Crippen MR) is 66.2 cm³/mol. The second-order valence-electron chi connectivity index (χ2n) is 3.74. The molecular weight excluding hydrogens is 302 g/mol. The van der Waals surface area contributed by atoms with Crippen LogP contribution < -0.4 is 5.73 Å². The van der Waals surface area contributed by atoms with E-state index in [1.807, 2.05) is 6.92 Å². The third-order valence-electron chi connectivity index (χ3n) is 2.10. The lowest BCUT2D eigenvalue weighted by molar-refractivity contribution is 0.275. The quantitative estimate of drug-likeness (QED) is 0.478. The van der Waals surface area contributed by atoms with Crippen LogP contribution in [-0.4, -0.2) is 26.2 Å². The van der Waals surface area contributed by atoms with Gasteiger partial charge >= 0.3 is 7.82 Å². The average Bonchev–Trinajstić information content (AvgIpc) is 2.23. The molecule has 0 bridgehead atoms. The molecule has 1 rings (SSSR count). The first-order chi connectivity index (χ1) is 8.54. The number of benzene rings is 1. The molecule has 0 saturated carbocycles. The van der Waals surface area contributed by atoms with Gasteiger partial charge in [-0.25, -0.2) is 17.7 Å². The second-order valence-corrected chi connectivity index (χ2v) is 4.77. The van der Waals surface area contributed by atoms with Crippen molar-refractivity contribution >= 4 is 7.82 Å². The molecule has 0 saturated heterocycles. The van der Waals surface area contributed by atoms with Crippen molar-refractivity contribution in [1.29, 1.82) is 0 Å². The van der Waals surface area contributed by atoms with Gasteiger partial charge in [0.05, 0.1) is 0 Å². The minimum Gasteiger partial charge on any atom is -0.412 e. The molecule has 0 amide bonds. The lowest BCUT2D eigenvalue weighted by Gasteiger charge is -2.09. The molecule has 10 heteroatoms.